The molecule has 0 radical (unpaired) electrons. The molecule has 0 saturated heterocycles. The Labute approximate surface area is 171 Å². The average molecular weight is 440 g/mol. The molecule has 7 N–H and O–H groups in total. The van der Waals surface area contributed by atoms with Gasteiger partial charge >= 0.3 is 0 Å². The molecule has 13 heteroatoms. The molecule has 1 aromatic heterocycles. The summed E-state index contributed by atoms with van der Waals surface area (Å²) >= 11 is 0. The van der Waals surface area contributed by atoms with Crippen LogP contribution in [0.2, 0.25) is 0 Å². The Morgan fingerprint density at radius 2 is 1.97 bits per heavy atom. The van der Waals surface area contributed by atoms with Crippen LogP contribution in [0.25, 0.3) is 0 Å². The minimum absolute atomic E-state index is 0.0266. The number of halogens is 1. The molecule has 0 aliphatic rings. The van der Waals surface area contributed by atoms with Gasteiger partial charge < -0.3 is 31.9 Å². The fraction of sp³-hybridized carbons (Fsp3) is 0.235. The number of anilines is 1. The van der Waals surface area contributed by atoms with E-state index >= 15 is 0 Å². The Morgan fingerprint density at radius 1 is 1.30 bits per heavy atom. The first kappa shape index (κ1) is 22.7. The number of nitrogen functional groups attached to an aromatic ring is 1. The van der Waals surface area contributed by atoms with Crippen LogP contribution in [0.4, 0.5) is 10.1 Å². The molecule has 1 amide bonds. The van der Waals surface area contributed by atoms with Crippen LogP contribution >= 0.6 is 0 Å². The number of nitrogens with two attached hydrogens (primary N) is 3. The number of benzene rings is 1. The zero-order valence-electron chi connectivity index (χ0n) is 16.0. The number of hydrogen-bond donors (Lipinski definition) is 4. The molecule has 162 valence electrons. The Hall–Kier alpha value is -3.61. The third-order valence-electron chi connectivity index (χ3n) is 3.87. The number of nitrogens with one attached hydrogen (secondary N) is 1. The van der Waals surface area contributed by atoms with Gasteiger partial charge in [-0.3, -0.25) is 9.59 Å². The topological polar surface area (TPSA) is 185 Å². The first-order chi connectivity index (χ1) is 14.1. The Kier molecular flexibility index (Phi) is 7.00. The van der Waals surface area contributed by atoms with Crippen LogP contribution in [0.1, 0.15) is 5.69 Å². The molecule has 2 rings (SSSR count). The summed E-state index contributed by atoms with van der Waals surface area (Å²) < 4.78 is 40.7. The van der Waals surface area contributed by atoms with Crippen molar-refractivity contribution < 1.29 is 22.4 Å². The molecule has 0 aliphatic carbocycles. The maximum atomic E-state index is 14.0. The second-order valence-electron chi connectivity index (χ2n) is 6.09. The molecule has 0 saturated carbocycles. The summed E-state index contributed by atoms with van der Waals surface area (Å²) in [6.45, 7) is 0.977. The molecule has 1 heterocycles. The molecule has 0 unspecified atom stereocenters. The van der Waals surface area contributed by atoms with E-state index in [1.54, 1.807) is 0 Å². The number of sulfone groups is 1. The summed E-state index contributed by atoms with van der Waals surface area (Å²) in [5.41, 5.74) is 14.8. The normalized spacial score (nSPS) is 11.0. The van der Waals surface area contributed by atoms with Gasteiger partial charge in [0.2, 0.25) is 21.7 Å². The maximum Gasteiger partial charge on any atom is 0.272 e. The van der Waals surface area contributed by atoms with Crippen molar-refractivity contribution in [1.29, 1.82) is 0 Å². The lowest BCUT2D eigenvalue weighted by Gasteiger charge is -2.15. The molecule has 0 fully saturated rings. The standard InChI is InChI=1S/C17H21FN6O5S/c1-10-8-12(19)15(30(27,28)13-5-3-2-4-11(13)18)16(26)24(10)9-14(25)22-6-7-29-23-17(20)21/h2-5,8H,6-7,9,19H2,1H3,(H,22,25)(H4,20,21,23). The van der Waals surface area contributed by atoms with Crippen LogP contribution in [0.15, 0.2) is 50.1 Å². The zero-order chi connectivity index (χ0) is 22.5. The largest absolute Gasteiger partial charge is 0.397 e. The number of pyridine rings is 1. The Balaban J connectivity index is 2.32. The van der Waals surface area contributed by atoms with Crippen molar-refractivity contribution in [1.82, 2.24) is 9.88 Å². The van der Waals surface area contributed by atoms with E-state index in [1.807, 2.05) is 0 Å². The SMILES string of the molecule is Cc1cc(N)c(S(=O)(=O)c2ccccc2F)c(=O)n1CC(=O)NCCON=C(N)N. The molecular weight excluding hydrogens is 419 g/mol. The van der Waals surface area contributed by atoms with Crippen molar-refractivity contribution in [2.75, 3.05) is 18.9 Å². The number of hydrogen-bond acceptors (Lipinski definition) is 7. The van der Waals surface area contributed by atoms with Gasteiger partial charge in [0.1, 0.15) is 23.9 Å². The summed E-state index contributed by atoms with van der Waals surface area (Å²) in [5.74, 6) is -1.91. The lowest BCUT2D eigenvalue weighted by atomic mass is 10.3. The highest BCUT2D eigenvalue weighted by atomic mass is 32.2. The van der Waals surface area contributed by atoms with Gasteiger partial charge in [0, 0.05) is 5.69 Å². The van der Waals surface area contributed by atoms with Gasteiger partial charge in [-0.2, -0.15) is 0 Å². The van der Waals surface area contributed by atoms with Crippen LogP contribution in [-0.4, -0.2) is 38.0 Å². The summed E-state index contributed by atoms with van der Waals surface area (Å²) in [7, 11) is -4.56. The molecule has 0 spiro atoms. The van der Waals surface area contributed by atoms with Gasteiger partial charge in [-0.25, -0.2) is 12.8 Å². The summed E-state index contributed by atoms with van der Waals surface area (Å²) in [4.78, 5) is 28.2. The maximum absolute atomic E-state index is 14.0. The van der Waals surface area contributed by atoms with E-state index < -0.39 is 43.5 Å². The predicted octanol–water partition coefficient (Wildman–Crippen LogP) is -0.968. The van der Waals surface area contributed by atoms with Gasteiger partial charge in [-0.15, -0.1) is 0 Å². The molecular formula is C17H21FN6O5S. The summed E-state index contributed by atoms with van der Waals surface area (Å²) in [6, 6.07) is 5.83. The third kappa shape index (κ3) is 5.05. The highest BCUT2D eigenvalue weighted by Gasteiger charge is 2.29. The van der Waals surface area contributed by atoms with Crippen molar-refractivity contribution in [2.24, 2.45) is 16.6 Å². The van der Waals surface area contributed by atoms with Gasteiger partial charge in [-0.05, 0) is 30.3 Å². The van der Waals surface area contributed by atoms with Crippen molar-refractivity contribution in [3.05, 3.63) is 52.2 Å². The van der Waals surface area contributed by atoms with Crippen LogP contribution in [0.3, 0.4) is 0 Å². The Bertz CT molecular complexity index is 1140. The van der Waals surface area contributed by atoms with Crippen molar-refractivity contribution in [2.45, 2.75) is 23.3 Å². The first-order valence-corrected chi connectivity index (χ1v) is 10.0. The second kappa shape index (κ2) is 9.26. The van der Waals surface area contributed by atoms with E-state index in [1.165, 1.54) is 25.1 Å². The van der Waals surface area contributed by atoms with Gasteiger partial charge in [0.15, 0.2) is 4.90 Å². The molecule has 30 heavy (non-hydrogen) atoms. The molecule has 0 atom stereocenters. The number of amides is 1. The average Bonchev–Trinajstić information content (AvgIpc) is 2.64. The Morgan fingerprint density at radius 3 is 2.60 bits per heavy atom. The number of aromatic nitrogens is 1. The summed E-state index contributed by atoms with van der Waals surface area (Å²) in [6.07, 6.45) is 0. The zero-order valence-corrected chi connectivity index (χ0v) is 16.8. The second-order valence-corrected chi connectivity index (χ2v) is 7.95. The number of carbonyl (C=O) groups is 1. The van der Waals surface area contributed by atoms with Gasteiger partial charge in [-0.1, -0.05) is 12.1 Å². The highest BCUT2D eigenvalue weighted by molar-refractivity contribution is 7.91. The third-order valence-corrected chi connectivity index (χ3v) is 5.73. The molecule has 1 aromatic carbocycles. The van der Waals surface area contributed by atoms with Crippen LogP contribution in [0.5, 0.6) is 0 Å². The molecule has 2 aromatic rings. The molecule has 0 aliphatic heterocycles. The fourth-order valence-electron chi connectivity index (χ4n) is 2.57. The van der Waals surface area contributed by atoms with E-state index in [4.69, 9.17) is 22.0 Å². The number of aryl methyl sites for hydroxylation is 1. The van der Waals surface area contributed by atoms with E-state index in [0.717, 1.165) is 16.7 Å². The highest BCUT2D eigenvalue weighted by Crippen LogP contribution is 2.25. The van der Waals surface area contributed by atoms with E-state index in [0.29, 0.717) is 0 Å². The van der Waals surface area contributed by atoms with Crippen molar-refractivity contribution >= 4 is 27.4 Å². The lowest BCUT2D eigenvalue weighted by molar-refractivity contribution is -0.122. The monoisotopic (exact) mass is 440 g/mol. The minimum atomic E-state index is -4.56. The van der Waals surface area contributed by atoms with E-state index in [2.05, 4.69) is 10.5 Å². The lowest BCUT2D eigenvalue weighted by Crippen LogP contribution is -2.37. The summed E-state index contributed by atoms with van der Waals surface area (Å²) in [5, 5.41) is 5.73. The van der Waals surface area contributed by atoms with Crippen LogP contribution < -0.4 is 28.1 Å². The molecule has 11 nitrogen and oxygen atoms in total. The quantitative estimate of drug-likeness (QED) is 0.175. The molecule has 0 bridgehead atoms. The number of rotatable bonds is 8. The van der Waals surface area contributed by atoms with Crippen molar-refractivity contribution in [3.63, 3.8) is 0 Å². The van der Waals surface area contributed by atoms with E-state index in [9.17, 15) is 22.4 Å². The first-order valence-electron chi connectivity index (χ1n) is 8.52. The minimum Gasteiger partial charge on any atom is -0.397 e. The predicted molar refractivity (Wildman–Crippen MR) is 106 cm³/mol. The van der Waals surface area contributed by atoms with Gasteiger partial charge in [0.25, 0.3) is 5.56 Å². The van der Waals surface area contributed by atoms with Crippen LogP contribution in [-0.2, 0) is 26.0 Å². The smallest absolute Gasteiger partial charge is 0.272 e. The van der Waals surface area contributed by atoms with Crippen LogP contribution in [0, 0.1) is 12.7 Å². The van der Waals surface area contributed by atoms with Crippen molar-refractivity contribution in [3.8, 4) is 0 Å². The number of guanidine groups is 1. The fourth-order valence-corrected chi connectivity index (χ4v) is 4.08. The number of carbonyl (C=O) groups excluding carboxylic acids is 1. The van der Waals surface area contributed by atoms with E-state index in [-0.39, 0.29) is 30.5 Å². The number of nitrogens with zero attached hydrogens (tertiary/aromatic N) is 2. The number of oxime groups is 1. The van der Waals surface area contributed by atoms with Gasteiger partial charge in [0.05, 0.1) is 12.2 Å².